The summed E-state index contributed by atoms with van der Waals surface area (Å²) < 4.78 is 10.2. The fourth-order valence-corrected chi connectivity index (χ4v) is 1.75. The first-order valence-electron chi connectivity index (χ1n) is 6.44. The highest BCUT2D eigenvalue weighted by Gasteiger charge is 2.25. The van der Waals surface area contributed by atoms with Crippen molar-refractivity contribution in [2.45, 2.75) is 19.6 Å². The second-order valence-electron chi connectivity index (χ2n) is 4.37. The summed E-state index contributed by atoms with van der Waals surface area (Å²) in [6, 6.07) is 12.6. The number of rotatable bonds is 5. The van der Waals surface area contributed by atoms with Gasteiger partial charge in [-0.05, 0) is 11.6 Å². The lowest BCUT2D eigenvalue weighted by Gasteiger charge is -2.16. The molecule has 0 aliphatic carbocycles. The molecule has 0 aliphatic heterocycles. The molecule has 5 nitrogen and oxygen atoms in total. The van der Waals surface area contributed by atoms with Crippen LogP contribution >= 0.6 is 0 Å². The van der Waals surface area contributed by atoms with Gasteiger partial charge in [-0.1, -0.05) is 36.4 Å². The Morgan fingerprint density at radius 2 is 1.90 bits per heavy atom. The van der Waals surface area contributed by atoms with Crippen LogP contribution in [0.5, 0.6) is 0 Å². The van der Waals surface area contributed by atoms with Gasteiger partial charge in [0.05, 0.1) is 0 Å². The first-order chi connectivity index (χ1) is 10.2. The van der Waals surface area contributed by atoms with Gasteiger partial charge >= 0.3 is 11.9 Å². The molecule has 0 aliphatic rings. The molecule has 108 valence electrons. The zero-order valence-corrected chi connectivity index (χ0v) is 11.6. The lowest BCUT2D eigenvalue weighted by Crippen LogP contribution is -2.21. The van der Waals surface area contributed by atoms with Gasteiger partial charge in [0.1, 0.15) is 6.61 Å². The third-order valence-corrected chi connectivity index (χ3v) is 2.71. The van der Waals surface area contributed by atoms with Crippen molar-refractivity contribution in [3.8, 4) is 0 Å². The van der Waals surface area contributed by atoms with Crippen molar-refractivity contribution in [2.75, 3.05) is 0 Å². The summed E-state index contributed by atoms with van der Waals surface area (Å²) >= 11 is 0. The SMILES string of the molecule is CC(=O)OC(C(=O)OCc1ccccc1)c1cccnc1. The van der Waals surface area contributed by atoms with E-state index >= 15 is 0 Å². The van der Waals surface area contributed by atoms with Gasteiger partial charge in [-0.2, -0.15) is 0 Å². The molecular formula is C16H15NO4. The molecule has 0 amide bonds. The minimum absolute atomic E-state index is 0.123. The van der Waals surface area contributed by atoms with Gasteiger partial charge in [0.2, 0.25) is 6.10 Å². The second kappa shape index (κ2) is 7.19. The smallest absolute Gasteiger partial charge is 0.352 e. The number of pyridine rings is 1. The Morgan fingerprint density at radius 3 is 2.52 bits per heavy atom. The van der Waals surface area contributed by atoms with Crippen LogP contribution in [0.3, 0.4) is 0 Å². The lowest BCUT2D eigenvalue weighted by atomic mass is 10.1. The van der Waals surface area contributed by atoms with Crippen LogP contribution < -0.4 is 0 Å². The van der Waals surface area contributed by atoms with E-state index in [2.05, 4.69) is 4.98 Å². The molecule has 1 aromatic carbocycles. The predicted octanol–water partition coefficient (Wildman–Crippen LogP) is 2.43. The monoisotopic (exact) mass is 285 g/mol. The molecule has 1 unspecified atom stereocenters. The normalized spacial score (nSPS) is 11.5. The van der Waals surface area contributed by atoms with E-state index in [1.165, 1.54) is 13.1 Å². The van der Waals surface area contributed by atoms with Crippen molar-refractivity contribution >= 4 is 11.9 Å². The lowest BCUT2D eigenvalue weighted by molar-refractivity contribution is -0.168. The zero-order chi connectivity index (χ0) is 15.1. The molecule has 21 heavy (non-hydrogen) atoms. The van der Waals surface area contributed by atoms with E-state index in [9.17, 15) is 9.59 Å². The molecule has 2 aromatic rings. The number of carbonyl (C=O) groups is 2. The Balaban J connectivity index is 2.06. The summed E-state index contributed by atoms with van der Waals surface area (Å²) in [5, 5.41) is 0. The van der Waals surface area contributed by atoms with Gasteiger partial charge in [-0.3, -0.25) is 9.78 Å². The topological polar surface area (TPSA) is 65.5 Å². The first kappa shape index (κ1) is 14.7. The van der Waals surface area contributed by atoms with Crippen molar-refractivity contribution < 1.29 is 19.1 Å². The average Bonchev–Trinajstić information content (AvgIpc) is 2.52. The van der Waals surface area contributed by atoms with E-state index in [0.717, 1.165) is 5.56 Å². The number of aromatic nitrogens is 1. The van der Waals surface area contributed by atoms with E-state index in [1.54, 1.807) is 18.3 Å². The number of hydrogen-bond acceptors (Lipinski definition) is 5. The Kier molecular flexibility index (Phi) is 5.04. The van der Waals surface area contributed by atoms with Crippen molar-refractivity contribution in [1.29, 1.82) is 0 Å². The van der Waals surface area contributed by atoms with Crippen LogP contribution in [0.1, 0.15) is 24.2 Å². The van der Waals surface area contributed by atoms with Crippen LogP contribution in [0.2, 0.25) is 0 Å². The van der Waals surface area contributed by atoms with Crippen LogP contribution in [0.4, 0.5) is 0 Å². The molecule has 0 bridgehead atoms. The van der Waals surface area contributed by atoms with Crippen molar-refractivity contribution in [1.82, 2.24) is 4.98 Å². The number of esters is 2. The van der Waals surface area contributed by atoms with Crippen LogP contribution in [0.15, 0.2) is 54.9 Å². The minimum Gasteiger partial charge on any atom is -0.458 e. The van der Waals surface area contributed by atoms with Crippen molar-refractivity contribution in [3.05, 3.63) is 66.0 Å². The van der Waals surface area contributed by atoms with Gasteiger partial charge < -0.3 is 9.47 Å². The van der Waals surface area contributed by atoms with Crippen LogP contribution in [0, 0.1) is 0 Å². The Morgan fingerprint density at radius 1 is 1.14 bits per heavy atom. The molecule has 0 fully saturated rings. The summed E-state index contributed by atoms with van der Waals surface area (Å²) in [6.07, 6.45) is 1.95. The molecular weight excluding hydrogens is 270 g/mol. The number of carbonyl (C=O) groups excluding carboxylic acids is 2. The Hall–Kier alpha value is -2.69. The highest BCUT2D eigenvalue weighted by atomic mass is 16.6. The largest absolute Gasteiger partial charge is 0.458 e. The molecule has 0 saturated heterocycles. The zero-order valence-electron chi connectivity index (χ0n) is 11.6. The maximum absolute atomic E-state index is 12.1. The van der Waals surface area contributed by atoms with Crippen LogP contribution in [-0.2, 0) is 25.7 Å². The summed E-state index contributed by atoms with van der Waals surface area (Å²) in [7, 11) is 0. The van der Waals surface area contributed by atoms with Crippen LogP contribution in [-0.4, -0.2) is 16.9 Å². The van der Waals surface area contributed by atoms with Gasteiger partial charge in [0.15, 0.2) is 0 Å². The Bertz CT molecular complexity index is 598. The standard InChI is InChI=1S/C16H15NO4/c1-12(18)21-15(14-8-5-9-17-10-14)16(19)20-11-13-6-3-2-4-7-13/h2-10,15H,11H2,1H3. The highest BCUT2D eigenvalue weighted by Crippen LogP contribution is 2.19. The van der Waals surface area contributed by atoms with Gasteiger partial charge in [0, 0.05) is 24.9 Å². The fraction of sp³-hybridized carbons (Fsp3) is 0.188. The maximum Gasteiger partial charge on any atom is 0.352 e. The number of nitrogens with zero attached hydrogens (tertiary/aromatic N) is 1. The van der Waals surface area contributed by atoms with Crippen LogP contribution in [0.25, 0.3) is 0 Å². The molecule has 1 heterocycles. The predicted molar refractivity (Wildman–Crippen MR) is 75.0 cm³/mol. The average molecular weight is 285 g/mol. The van der Waals surface area contributed by atoms with Crippen molar-refractivity contribution in [2.24, 2.45) is 0 Å². The van der Waals surface area contributed by atoms with Gasteiger partial charge in [-0.25, -0.2) is 4.79 Å². The minimum atomic E-state index is -1.10. The third kappa shape index (κ3) is 4.42. The summed E-state index contributed by atoms with van der Waals surface area (Å²) in [5.41, 5.74) is 1.34. The second-order valence-corrected chi connectivity index (χ2v) is 4.37. The van der Waals surface area contributed by atoms with Crippen molar-refractivity contribution in [3.63, 3.8) is 0 Å². The molecule has 0 spiro atoms. The van der Waals surface area contributed by atoms with E-state index in [0.29, 0.717) is 5.56 Å². The van der Waals surface area contributed by atoms with E-state index < -0.39 is 18.0 Å². The Labute approximate surface area is 122 Å². The fourth-order valence-electron chi connectivity index (χ4n) is 1.75. The molecule has 0 radical (unpaired) electrons. The molecule has 5 heteroatoms. The summed E-state index contributed by atoms with van der Waals surface area (Å²) in [6.45, 7) is 1.37. The number of hydrogen-bond donors (Lipinski definition) is 0. The number of benzene rings is 1. The summed E-state index contributed by atoms with van der Waals surface area (Å²) in [4.78, 5) is 27.2. The van der Waals surface area contributed by atoms with Gasteiger partial charge in [-0.15, -0.1) is 0 Å². The molecule has 1 aromatic heterocycles. The third-order valence-electron chi connectivity index (χ3n) is 2.71. The first-order valence-corrected chi connectivity index (χ1v) is 6.44. The summed E-state index contributed by atoms with van der Waals surface area (Å²) in [5.74, 6) is -1.18. The number of ether oxygens (including phenoxy) is 2. The maximum atomic E-state index is 12.1. The highest BCUT2D eigenvalue weighted by molar-refractivity contribution is 5.80. The van der Waals surface area contributed by atoms with E-state index in [4.69, 9.17) is 9.47 Å². The van der Waals surface area contributed by atoms with E-state index in [1.807, 2.05) is 30.3 Å². The quantitative estimate of drug-likeness (QED) is 0.789. The molecule has 0 saturated carbocycles. The molecule has 2 rings (SSSR count). The molecule has 0 N–H and O–H groups in total. The van der Waals surface area contributed by atoms with E-state index in [-0.39, 0.29) is 6.61 Å². The van der Waals surface area contributed by atoms with Gasteiger partial charge in [0.25, 0.3) is 0 Å². The molecule has 1 atom stereocenters.